The predicted molar refractivity (Wildman–Crippen MR) is 82.0 cm³/mol. The number of hydrogen-bond donors (Lipinski definition) is 1. The van der Waals surface area contributed by atoms with Crippen LogP contribution >= 0.6 is 11.6 Å². The molecule has 0 aliphatic heterocycles. The molecule has 1 aliphatic rings. The summed E-state index contributed by atoms with van der Waals surface area (Å²) in [6.07, 6.45) is 5.18. The van der Waals surface area contributed by atoms with Gasteiger partial charge in [-0.15, -0.1) is 0 Å². The summed E-state index contributed by atoms with van der Waals surface area (Å²) in [5.41, 5.74) is 1.64. The van der Waals surface area contributed by atoms with Crippen LogP contribution in [0.5, 0.6) is 0 Å². The zero-order valence-corrected chi connectivity index (χ0v) is 13.4. The van der Waals surface area contributed by atoms with E-state index in [1.54, 1.807) is 6.33 Å². The Hall–Kier alpha value is -1.20. The third kappa shape index (κ3) is 2.42. The number of aryl methyl sites for hydroxylation is 1. The molecule has 0 saturated heterocycles. The molecule has 2 aromatic heterocycles. The van der Waals surface area contributed by atoms with Crippen molar-refractivity contribution in [2.75, 3.05) is 0 Å². The van der Waals surface area contributed by atoms with Gasteiger partial charge in [-0.25, -0.2) is 15.0 Å². The first-order valence-electron chi connectivity index (χ1n) is 7.40. The Morgan fingerprint density at radius 2 is 2.19 bits per heavy atom. The highest BCUT2D eigenvalue weighted by Crippen LogP contribution is 2.54. The summed E-state index contributed by atoms with van der Waals surface area (Å²) in [5, 5.41) is 10.2. The van der Waals surface area contributed by atoms with E-state index in [0.29, 0.717) is 22.5 Å². The Bertz CT molecular complexity index is 652. The maximum absolute atomic E-state index is 9.80. The zero-order chi connectivity index (χ0) is 15.2. The summed E-state index contributed by atoms with van der Waals surface area (Å²) in [6, 6.07) is 0. The molecule has 0 amide bonds. The number of aliphatic hydroxyl groups is 1. The molecule has 0 unspecified atom stereocenters. The molecule has 6 heteroatoms. The molecule has 2 heterocycles. The quantitative estimate of drug-likeness (QED) is 0.882. The summed E-state index contributed by atoms with van der Waals surface area (Å²) in [7, 11) is 0. The molecule has 0 radical (unpaired) electrons. The van der Waals surface area contributed by atoms with E-state index in [-0.39, 0.29) is 11.5 Å². The summed E-state index contributed by atoms with van der Waals surface area (Å²) >= 11 is 6.02. The fourth-order valence-electron chi connectivity index (χ4n) is 3.68. The van der Waals surface area contributed by atoms with Gasteiger partial charge in [0.05, 0.1) is 12.4 Å². The van der Waals surface area contributed by atoms with Crippen molar-refractivity contribution >= 4 is 22.8 Å². The van der Waals surface area contributed by atoms with Crippen molar-refractivity contribution in [3.63, 3.8) is 0 Å². The molecule has 3 atom stereocenters. The Morgan fingerprint density at radius 1 is 1.43 bits per heavy atom. The lowest BCUT2D eigenvalue weighted by Gasteiger charge is -2.54. The fourth-order valence-corrected chi connectivity index (χ4v) is 3.85. The Labute approximate surface area is 129 Å². The Kier molecular flexibility index (Phi) is 3.66. The average molecular weight is 309 g/mol. The van der Waals surface area contributed by atoms with Crippen LogP contribution in [-0.2, 0) is 6.54 Å². The first-order valence-corrected chi connectivity index (χ1v) is 7.78. The number of halogens is 1. The first-order chi connectivity index (χ1) is 9.91. The minimum Gasteiger partial charge on any atom is -0.393 e. The highest BCUT2D eigenvalue weighted by Gasteiger charge is 2.49. The molecule has 1 aliphatic carbocycles. The van der Waals surface area contributed by atoms with Gasteiger partial charge in [0.2, 0.25) is 0 Å². The standard InChI is InChI=1S/C15H21ClN4O/c1-9(21)11-6-10(15(11,2)3)4-5-20-8-19-12-13(16)17-7-18-14(12)20/h7-11,21H,4-6H2,1-3H3/t9-,10-,11-/m0/s1. The topological polar surface area (TPSA) is 63.8 Å². The van der Waals surface area contributed by atoms with Crippen LogP contribution in [-0.4, -0.2) is 30.7 Å². The minimum absolute atomic E-state index is 0.192. The monoisotopic (exact) mass is 308 g/mol. The maximum atomic E-state index is 9.80. The third-order valence-electron chi connectivity index (χ3n) is 5.20. The van der Waals surface area contributed by atoms with Crippen molar-refractivity contribution < 1.29 is 5.11 Å². The number of nitrogens with zero attached hydrogens (tertiary/aromatic N) is 4. The van der Waals surface area contributed by atoms with Crippen molar-refractivity contribution in [2.24, 2.45) is 17.3 Å². The van der Waals surface area contributed by atoms with Gasteiger partial charge in [-0.1, -0.05) is 25.4 Å². The first kappa shape index (κ1) is 14.7. The molecule has 114 valence electrons. The van der Waals surface area contributed by atoms with Gasteiger partial charge in [0.15, 0.2) is 10.8 Å². The summed E-state index contributed by atoms with van der Waals surface area (Å²) in [6.45, 7) is 7.27. The summed E-state index contributed by atoms with van der Waals surface area (Å²) in [5.74, 6) is 1.02. The van der Waals surface area contributed by atoms with Crippen LogP contribution in [0.25, 0.3) is 11.2 Å². The molecular formula is C15H21ClN4O. The molecule has 2 aromatic rings. The van der Waals surface area contributed by atoms with Crippen LogP contribution in [0.4, 0.5) is 0 Å². The van der Waals surface area contributed by atoms with Gasteiger partial charge < -0.3 is 9.67 Å². The van der Waals surface area contributed by atoms with Gasteiger partial charge >= 0.3 is 0 Å². The smallest absolute Gasteiger partial charge is 0.164 e. The van der Waals surface area contributed by atoms with E-state index < -0.39 is 0 Å². The number of fused-ring (bicyclic) bond motifs is 1. The van der Waals surface area contributed by atoms with Gasteiger partial charge in [0, 0.05) is 6.54 Å². The van der Waals surface area contributed by atoms with Crippen molar-refractivity contribution in [3.8, 4) is 0 Å². The molecule has 0 aromatic carbocycles. The number of aliphatic hydroxyl groups excluding tert-OH is 1. The molecule has 0 bridgehead atoms. The van der Waals surface area contributed by atoms with Crippen molar-refractivity contribution in [3.05, 3.63) is 17.8 Å². The van der Waals surface area contributed by atoms with E-state index in [4.69, 9.17) is 11.6 Å². The predicted octanol–water partition coefficient (Wildman–Crippen LogP) is 2.91. The lowest BCUT2D eigenvalue weighted by atomic mass is 9.52. The van der Waals surface area contributed by atoms with E-state index in [1.807, 2.05) is 11.5 Å². The number of hydrogen-bond acceptors (Lipinski definition) is 4. The molecule has 1 saturated carbocycles. The second kappa shape index (κ2) is 5.21. The number of imidazole rings is 1. The number of aromatic nitrogens is 4. The van der Waals surface area contributed by atoms with E-state index in [1.165, 1.54) is 6.33 Å². The normalized spacial score (nSPS) is 25.8. The van der Waals surface area contributed by atoms with Crippen molar-refractivity contribution in [2.45, 2.75) is 46.3 Å². The third-order valence-corrected chi connectivity index (χ3v) is 5.48. The van der Waals surface area contributed by atoms with Gasteiger partial charge in [-0.3, -0.25) is 0 Å². The summed E-state index contributed by atoms with van der Waals surface area (Å²) < 4.78 is 2.04. The molecular weight excluding hydrogens is 288 g/mol. The zero-order valence-electron chi connectivity index (χ0n) is 12.6. The molecule has 5 nitrogen and oxygen atoms in total. The van der Waals surface area contributed by atoms with Crippen LogP contribution < -0.4 is 0 Å². The van der Waals surface area contributed by atoms with Gasteiger partial charge in [-0.05, 0) is 37.0 Å². The second-order valence-corrected chi connectivity index (χ2v) is 7.02. The minimum atomic E-state index is -0.225. The van der Waals surface area contributed by atoms with Crippen molar-refractivity contribution in [1.82, 2.24) is 19.5 Å². The van der Waals surface area contributed by atoms with Crippen LogP contribution in [0.1, 0.15) is 33.6 Å². The van der Waals surface area contributed by atoms with Crippen molar-refractivity contribution in [1.29, 1.82) is 0 Å². The van der Waals surface area contributed by atoms with Crippen LogP contribution in [0.15, 0.2) is 12.7 Å². The van der Waals surface area contributed by atoms with E-state index in [9.17, 15) is 5.11 Å². The van der Waals surface area contributed by atoms with Crippen LogP contribution in [0.2, 0.25) is 5.15 Å². The Balaban J connectivity index is 1.70. The lowest BCUT2D eigenvalue weighted by molar-refractivity contribution is -0.0917. The molecule has 3 rings (SSSR count). The number of rotatable bonds is 4. The Morgan fingerprint density at radius 3 is 2.86 bits per heavy atom. The molecule has 1 fully saturated rings. The van der Waals surface area contributed by atoms with E-state index >= 15 is 0 Å². The van der Waals surface area contributed by atoms with Gasteiger partial charge in [0.25, 0.3) is 0 Å². The maximum Gasteiger partial charge on any atom is 0.164 e. The largest absolute Gasteiger partial charge is 0.393 e. The van der Waals surface area contributed by atoms with Gasteiger partial charge in [-0.2, -0.15) is 0 Å². The molecule has 0 spiro atoms. The lowest BCUT2D eigenvalue weighted by Crippen LogP contribution is -2.49. The van der Waals surface area contributed by atoms with E-state index in [0.717, 1.165) is 25.0 Å². The van der Waals surface area contributed by atoms with Crippen LogP contribution in [0.3, 0.4) is 0 Å². The average Bonchev–Trinajstić information content (AvgIpc) is 2.82. The van der Waals surface area contributed by atoms with E-state index in [2.05, 4.69) is 28.8 Å². The summed E-state index contributed by atoms with van der Waals surface area (Å²) in [4.78, 5) is 12.5. The highest BCUT2D eigenvalue weighted by molar-refractivity contribution is 6.33. The SMILES string of the molecule is C[C@H](O)[C@@H]1C[C@H](CCn2cnc3c(Cl)ncnc32)C1(C)C. The molecule has 21 heavy (non-hydrogen) atoms. The fraction of sp³-hybridized carbons (Fsp3) is 0.667. The molecule has 1 N–H and O–H groups in total. The van der Waals surface area contributed by atoms with Gasteiger partial charge in [0.1, 0.15) is 11.8 Å². The highest BCUT2D eigenvalue weighted by atomic mass is 35.5. The second-order valence-electron chi connectivity index (χ2n) is 6.66. The van der Waals surface area contributed by atoms with Crippen LogP contribution in [0, 0.1) is 17.3 Å².